The zero-order valence-electron chi connectivity index (χ0n) is 12.0. The molecule has 2 aliphatic heterocycles. The minimum Gasteiger partial charge on any atom is -0.312 e. The number of piperidine rings is 1. The second-order valence-electron chi connectivity index (χ2n) is 6.09. The van der Waals surface area contributed by atoms with Gasteiger partial charge in [0.15, 0.2) is 0 Å². The van der Waals surface area contributed by atoms with Crippen molar-refractivity contribution in [3.8, 4) is 0 Å². The van der Waals surface area contributed by atoms with Crippen LogP contribution in [0.15, 0.2) is 30.3 Å². The second-order valence-corrected chi connectivity index (χ2v) is 6.09. The van der Waals surface area contributed by atoms with Crippen LogP contribution >= 0.6 is 0 Å². The Labute approximate surface area is 117 Å². The molecule has 0 amide bonds. The van der Waals surface area contributed by atoms with Crippen molar-refractivity contribution in [2.24, 2.45) is 0 Å². The number of hydrogen-bond donors (Lipinski definition) is 1. The molecule has 0 saturated carbocycles. The number of nitrogens with zero attached hydrogens (tertiary/aromatic N) is 1. The van der Waals surface area contributed by atoms with Crippen molar-refractivity contribution in [2.45, 2.75) is 57.2 Å². The second kappa shape index (κ2) is 6.06. The molecule has 0 aromatic heterocycles. The van der Waals surface area contributed by atoms with E-state index in [0.29, 0.717) is 6.04 Å². The van der Waals surface area contributed by atoms with Crippen molar-refractivity contribution in [3.63, 3.8) is 0 Å². The van der Waals surface area contributed by atoms with Crippen LogP contribution in [0.1, 0.15) is 50.6 Å². The van der Waals surface area contributed by atoms with E-state index in [0.717, 1.165) is 12.1 Å². The molecule has 3 atom stereocenters. The third-order valence-corrected chi connectivity index (χ3v) is 4.93. The van der Waals surface area contributed by atoms with E-state index in [4.69, 9.17) is 0 Å². The minimum atomic E-state index is 0.550. The van der Waals surface area contributed by atoms with Gasteiger partial charge in [0.25, 0.3) is 0 Å². The van der Waals surface area contributed by atoms with Crippen LogP contribution in [0.2, 0.25) is 0 Å². The van der Waals surface area contributed by atoms with E-state index in [1.54, 1.807) is 0 Å². The predicted octanol–water partition coefficient (Wildman–Crippen LogP) is 3.35. The normalized spacial score (nSPS) is 30.4. The van der Waals surface area contributed by atoms with Crippen LogP contribution in [0.4, 0.5) is 0 Å². The summed E-state index contributed by atoms with van der Waals surface area (Å²) in [5.74, 6) is 0. The number of nitrogens with one attached hydrogen (secondary N) is 1. The molecule has 3 unspecified atom stereocenters. The first-order chi connectivity index (χ1) is 9.36. The van der Waals surface area contributed by atoms with Gasteiger partial charge < -0.3 is 5.32 Å². The number of benzene rings is 1. The molecule has 1 aromatic carbocycles. The average Bonchev–Trinajstić information content (AvgIpc) is 3.01. The lowest BCUT2D eigenvalue weighted by Gasteiger charge is -2.43. The maximum absolute atomic E-state index is 3.72. The maximum atomic E-state index is 3.72. The molecular formula is C17H26N2. The van der Waals surface area contributed by atoms with Crippen LogP contribution in [0.3, 0.4) is 0 Å². The van der Waals surface area contributed by atoms with E-state index in [1.807, 2.05) is 0 Å². The Morgan fingerprint density at radius 3 is 2.68 bits per heavy atom. The lowest BCUT2D eigenvalue weighted by atomic mass is 9.91. The quantitative estimate of drug-likeness (QED) is 0.894. The minimum absolute atomic E-state index is 0.550. The Morgan fingerprint density at radius 2 is 1.95 bits per heavy atom. The van der Waals surface area contributed by atoms with Gasteiger partial charge in [0, 0.05) is 18.1 Å². The highest BCUT2D eigenvalue weighted by Crippen LogP contribution is 2.31. The van der Waals surface area contributed by atoms with Crippen molar-refractivity contribution in [2.75, 3.05) is 13.1 Å². The van der Waals surface area contributed by atoms with Gasteiger partial charge >= 0.3 is 0 Å². The van der Waals surface area contributed by atoms with Gasteiger partial charge in [-0.2, -0.15) is 0 Å². The highest BCUT2D eigenvalue weighted by Gasteiger charge is 2.34. The van der Waals surface area contributed by atoms with Gasteiger partial charge in [-0.25, -0.2) is 0 Å². The summed E-state index contributed by atoms with van der Waals surface area (Å²) in [6, 6.07) is 13.0. The lowest BCUT2D eigenvalue weighted by Crippen LogP contribution is -2.50. The fourth-order valence-corrected chi connectivity index (χ4v) is 3.86. The molecular weight excluding hydrogens is 232 g/mol. The molecule has 2 heteroatoms. The Balaban J connectivity index is 1.76. The number of hydrogen-bond acceptors (Lipinski definition) is 2. The van der Waals surface area contributed by atoms with Gasteiger partial charge in [0.1, 0.15) is 0 Å². The zero-order valence-corrected chi connectivity index (χ0v) is 12.0. The smallest absolute Gasteiger partial charge is 0.0323 e. The highest BCUT2D eigenvalue weighted by molar-refractivity contribution is 5.19. The summed E-state index contributed by atoms with van der Waals surface area (Å²) in [7, 11) is 0. The van der Waals surface area contributed by atoms with Crippen molar-refractivity contribution in [1.82, 2.24) is 10.2 Å². The topological polar surface area (TPSA) is 15.3 Å². The molecule has 1 N–H and O–H groups in total. The largest absolute Gasteiger partial charge is 0.312 e. The van der Waals surface area contributed by atoms with Gasteiger partial charge in [0.05, 0.1) is 0 Å². The Hall–Kier alpha value is -0.860. The molecule has 3 rings (SSSR count). The van der Waals surface area contributed by atoms with Gasteiger partial charge in [-0.05, 0) is 51.3 Å². The molecule has 0 bridgehead atoms. The molecule has 0 spiro atoms. The summed E-state index contributed by atoms with van der Waals surface area (Å²) >= 11 is 0. The monoisotopic (exact) mass is 258 g/mol. The third kappa shape index (κ3) is 2.85. The molecule has 104 valence electrons. The van der Waals surface area contributed by atoms with Crippen LogP contribution in [0.5, 0.6) is 0 Å². The van der Waals surface area contributed by atoms with Crippen LogP contribution in [-0.2, 0) is 0 Å². The van der Waals surface area contributed by atoms with Gasteiger partial charge in [-0.1, -0.05) is 36.8 Å². The molecule has 1 aromatic rings. The lowest BCUT2D eigenvalue weighted by molar-refractivity contribution is 0.0803. The van der Waals surface area contributed by atoms with E-state index in [-0.39, 0.29) is 0 Å². The summed E-state index contributed by atoms with van der Waals surface area (Å²) in [5.41, 5.74) is 1.47. The maximum Gasteiger partial charge on any atom is 0.0323 e. The molecule has 0 aliphatic carbocycles. The van der Waals surface area contributed by atoms with E-state index in [9.17, 15) is 0 Å². The van der Waals surface area contributed by atoms with E-state index >= 15 is 0 Å². The van der Waals surface area contributed by atoms with Crippen molar-refractivity contribution < 1.29 is 0 Å². The van der Waals surface area contributed by atoms with Crippen LogP contribution in [0, 0.1) is 0 Å². The molecule has 0 radical (unpaired) electrons. The van der Waals surface area contributed by atoms with Gasteiger partial charge in [0.2, 0.25) is 0 Å². The SMILES string of the molecule is CC(c1ccccc1)N1CCCCC1C1CCCN1. The number of likely N-dealkylation sites (tertiary alicyclic amines) is 1. The molecule has 2 aliphatic rings. The fourth-order valence-electron chi connectivity index (χ4n) is 3.86. The van der Waals surface area contributed by atoms with E-state index in [1.165, 1.54) is 50.8 Å². The van der Waals surface area contributed by atoms with E-state index in [2.05, 4.69) is 47.5 Å². The highest BCUT2D eigenvalue weighted by atomic mass is 15.2. The van der Waals surface area contributed by atoms with Crippen LogP contribution < -0.4 is 5.32 Å². The van der Waals surface area contributed by atoms with Crippen LogP contribution in [-0.4, -0.2) is 30.1 Å². The summed E-state index contributed by atoms with van der Waals surface area (Å²) in [6.45, 7) is 4.86. The molecule has 2 saturated heterocycles. The average molecular weight is 258 g/mol. The molecule has 2 heterocycles. The first kappa shape index (κ1) is 13.1. The van der Waals surface area contributed by atoms with E-state index < -0.39 is 0 Å². The van der Waals surface area contributed by atoms with Crippen LogP contribution in [0.25, 0.3) is 0 Å². The zero-order chi connectivity index (χ0) is 13.1. The fraction of sp³-hybridized carbons (Fsp3) is 0.647. The predicted molar refractivity (Wildman–Crippen MR) is 80.2 cm³/mol. The molecule has 2 nitrogen and oxygen atoms in total. The summed E-state index contributed by atoms with van der Waals surface area (Å²) in [5, 5.41) is 3.72. The van der Waals surface area contributed by atoms with Gasteiger partial charge in [-0.3, -0.25) is 4.90 Å². The van der Waals surface area contributed by atoms with Gasteiger partial charge in [-0.15, -0.1) is 0 Å². The number of rotatable bonds is 3. The summed E-state index contributed by atoms with van der Waals surface area (Å²) in [6.07, 6.45) is 6.85. The van der Waals surface area contributed by atoms with Crippen molar-refractivity contribution in [3.05, 3.63) is 35.9 Å². The standard InChI is InChI=1S/C17H26N2/c1-14(15-8-3-2-4-9-15)19-13-6-5-11-17(19)16-10-7-12-18-16/h2-4,8-9,14,16-18H,5-7,10-13H2,1H3. The molecule has 2 fully saturated rings. The van der Waals surface area contributed by atoms with Crippen molar-refractivity contribution in [1.29, 1.82) is 0 Å². The Kier molecular flexibility index (Phi) is 4.19. The Bertz CT molecular complexity index is 384. The summed E-state index contributed by atoms with van der Waals surface area (Å²) < 4.78 is 0. The third-order valence-electron chi connectivity index (χ3n) is 4.93. The first-order valence-corrected chi connectivity index (χ1v) is 7.90. The molecule has 19 heavy (non-hydrogen) atoms. The Morgan fingerprint density at radius 1 is 1.11 bits per heavy atom. The van der Waals surface area contributed by atoms with Crippen molar-refractivity contribution >= 4 is 0 Å². The first-order valence-electron chi connectivity index (χ1n) is 7.90. The summed E-state index contributed by atoms with van der Waals surface area (Å²) in [4.78, 5) is 2.75.